The third-order valence-corrected chi connectivity index (χ3v) is 5.39. The molecule has 2 heterocycles. The second-order valence-corrected chi connectivity index (χ2v) is 7.10. The van der Waals surface area contributed by atoms with Crippen LogP contribution >= 0.6 is 0 Å². The second-order valence-electron chi connectivity index (χ2n) is 7.10. The highest BCUT2D eigenvalue weighted by atomic mass is 16.2. The average molecular weight is 336 g/mol. The molecule has 2 aliphatic rings. The van der Waals surface area contributed by atoms with Crippen LogP contribution in [0.1, 0.15) is 27.2 Å². The van der Waals surface area contributed by atoms with E-state index in [4.69, 9.17) is 0 Å². The molecular formula is C18H32N4O2. The number of carbonyl (C=O) groups excluding carboxylic acids is 2. The Morgan fingerprint density at radius 3 is 2.67 bits per heavy atom. The molecule has 0 saturated carbocycles. The van der Waals surface area contributed by atoms with Crippen LogP contribution < -0.4 is 5.32 Å². The van der Waals surface area contributed by atoms with Crippen molar-refractivity contribution in [2.75, 3.05) is 45.8 Å². The van der Waals surface area contributed by atoms with Crippen molar-refractivity contribution < 1.29 is 9.59 Å². The predicted octanol–water partition coefficient (Wildman–Crippen LogP) is 0.552. The first-order chi connectivity index (χ1) is 11.4. The Hall–Kier alpha value is -1.40. The molecule has 0 bridgehead atoms. The van der Waals surface area contributed by atoms with Crippen molar-refractivity contribution in [2.24, 2.45) is 5.92 Å². The average Bonchev–Trinajstić information content (AvgIpc) is 2.78. The molecule has 0 aliphatic carbocycles. The summed E-state index contributed by atoms with van der Waals surface area (Å²) in [6, 6.07) is 0.352. The van der Waals surface area contributed by atoms with Gasteiger partial charge < -0.3 is 10.2 Å². The van der Waals surface area contributed by atoms with Crippen LogP contribution in [0.3, 0.4) is 0 Å². The minimum atomic E-state index is -0.113. The molecule has 0 aromatic carbocycles. The molecule has 6 heteroatoms. The summed E-state index contributed by atoms with van der Waals surface area (Å²) >= 11 is 0. The first-order valence-electron chi connectivity index (χ1n) is 9.06. The van der Waals surface area contributed by atoms with E-state index in [1.54, 1.807) is 13.0 Å². The smallest absolute Gasteiger partial charge is 0.237 e. The fraction of sp³-hybridized carbons (Fsp3) is 0.778. The molecule has 0 spiro atoms. The molecule has 1 N–H and O–H groups in total. The molecule has 24 heavy (non-hydrogen) atoms. The van der Waals surface area contributed by atoms with E-state index in [-0.39, 0.29) is 17.9 Å². The summed E-state index contributed by atoms with van der Waals surface area (Å²) in [5.74, 6) is 0.773. The molecule has 2 aliphatic heterocycles. The van der Waals surface area contributed by atoms with E-state index < -0.39 is 0 Å². The summed E-state index contributed by atoms with van der Waals surface area (Å²) in [7, 11) is 0. The molecule has 2 amide bonds. The van der Waals surface area contributed by atoms with Crippen LogP contribution in [-0.2, 0) is 9.59 Å². The van der Waals surface area contributed by atoms with Gasteiger partial charge in [-0.15, -0.1) is 6.58 Å². The molecule has 0 aromatic rings. The molecule has 0 radical (unpaired) electrons. The van der Waals surface area contributed by atoms with Gasteiger partial charge in [-0.1, -0.05) is 13.0 Å². The lowest BCUT2D eigenvalue weighted by atomic mass is 10.0. The van der Waals surface area contributed by atoms with Crippen LogP contribution in [0.25, 0.3) is 0 Å². The first kappa shape index (κ1) is 18.9. The number of nitrogens with one attached hydrogen (secondary N) is 1. The highest BCUT2D eigenvalue weighted by Crippen LogP contribution is 2.24. The summed E-state index contributed by atoms with van der Waals surface area (Å²) < 4.78 is 0. The van der Waals surface area contributed by atoms with Crippen molar-refractivity contribution in [3.8, 4) is 0 Å². The van der Waals surface area contributed by atoms with Gasteiger partial charge in [-0.3, -0.25) is 19.4 Å². The van der Waals surface area contributed by atoms with Gasteiger partial charge in [-0.25, -0.2) is 0 Å². The monoisotopic (exact) mass is 336 g/mol. The molecule has 6 nitrogen and oxygen atoms in total. The van der Waals surface area contributed by atoms with E-state index in [1.807, 2.05) is 11.8 Å². The highest BCUT2D eigenvalue weighted by Gasteiger charge is 2.37. The normalized spacial score (nSPS) is 27.5. The Morgan fingerprint density at radius 2 is 2.00 bits per heavy atom. The first-order valence-corrected chi connectivity index (χ1v) is 9.06. The standard InChI is InChI=1S/C18H32N4O2/c1-5-7-19-18(24)15(3)22-12-14(2)17(13-22)21-9-6-8-20(10-11-21)16(4)23/h5,14-15,17H,1,6-13H2,2-4H3,(H,19,24)/t14-,15-,17-/m0/s1. The van der Waals surface area contributed by atoms with Crippen LogP contribution in [-0.4, -0.2) is 84.4 Å². The van der Waals surface area contributed by atoms with Crippen molar-refractivity contribution in [2.45, 2.75) is 39.3 Å². The number of amides is 2. The molecule has 2 rings (SSSR count). The Balaban J connectivity index is 1.92. The topological polar surface area (TPSA) is 55.9 Å². The Bertz CT molecular complexity index is 468. The number of rotatable bonds is 5. The fourth-order valence-corrected chi connectivity index (χ4v) is 3.85. The van der Waals surface area contributed by atoms with Crippen LogP contribution in [0.5, 0.6) is 0 Å². The second kappa shape index (κ2) is 8.62. The molecule has 136 valence electrons. The number of hydrogen-bond donors (Lipinski definition) is 1. The van der Waals surface area contributed by atoms with E-state index in [0.29, 0.717) is 18.5 Å². The van der Waals surface area contributed by atoms with Gasteiger partial charge in [-0.2, -0.15) is 0 Å². The van der Waals surface area contributed by atoms with Crippen LogP contribution in [0.4, 0.5) is 0 Å². The predicted molar refractivity (Wildman–Crippen MR) is 95.6 cm³/mol. The van der Waals surface area contributed by atoms with Gasteiger partial charge in [-0.05, 0) is 19.3 Å². The third kappa shape index (κ3) is 4.57. The van der Waals surface area contributed by atoms with Crippen LogP contribution in [0, 0.1) is 5.92 Å². The third-order valence-electron chi connectivity index (χ3n) is 5.39. The van der Waals surface area contributed by atoms with Crippen LogP contribution in [0.2, 0.25) is 0 Å². The molecule has 2 saturated heterocycles. The Labute approximate surface area is 145 Å². The van der Waals surface area contributed by atoms with Crippen LogP contribution in [0.15, 0.2) is 12.7 Å². The Morgan fingerprint density at radius 1 is 1.25 bits per heavy atom. The maximum absolute atomic E-state index is 12.2. The van der Waals surface area contributed by atoms with Crippen molar-refractivity contribution in [1.29, 1.82) is 0 Å². The van der Waals surface area contributed by atoms with Gasteiger partial charge in [0.15, 0.2) is 0 Å². The zero-order chi connectivity index (χ0) is 17.7. The lowest BCUT2D eigenvalue weighted by Crippen LogP contribution is -2.46. The van der Waals surface area contributed by atoms with E-state index >= 15 is 0 Å². The van der Waals surface area contributed by atoms with Crippen molar-refractivity contribution in [3.05, 3.63) is 12.7 Å². The zero-order valence-electron chi connectivity index (χ0n) is 15.3. The van der Waals surface area contributed by atoms with E-state index in [1.165, 1.54) is 0 Å². The maximum atomic E-state index is 12.2. The van der Waals surface area contributed by atoms with E-state index in [9.17, 15) is 9.59 Å². The van der Waals surface area contributed by atoms with Gasteiger partial charge in [0.05, 0.1) is 6.04 Å². The summed E-state index contributed by atoms with van der Waals surface area (Å²) in [5.41, 5.74) is 0. The fourth-order valence-electron chi connectivity index (χ4n) is 3.85. The molecule has 0 aromatic heterocycles. The zero-order valence-corrected chi connectivity index (χ0v) is 15.3. The minimum absolute atomic E-state index is 0.0707. The van der Waals surface area contributed by atoms with Crippen molar-refractivity contribution in [3.63, 3.8) is 0 Å². The highest BCUT2D eigenvalue weighted by molar-refractivity contribution is 5.81. The molecular weight excluding hydrogens is 304 g/mol. The summed E-state index contributed by atoms with van der Waals surface area (Å²) in [6.07, 6.45) is 2.73. The number of hydrogen-bond acceptors (Lipinski definition) is 4. The molecule has 3 atom stereocenters. The lowest BCUT2D eigenvalue weighted by molar-refractivity contribution is -0.128. The van der Waals surface area contributed by atoms with E-state index in [0.717, 1.165) is 45.7 Å². The summed E-state index contributed by atoms with van der Waals surface area (Å²) in [5, 5.41) is 2.89. The molecule has 0 unspecified atom stereocenters. The molecule has 2 fully saturated rings. The number of nitrogens with zero attached hydrogens (tertiary/aromatic N) is 3. The van der Waals surface area contributed by atoms with Gasteiger partial charge in [0.1, 0.15) is 0 Å². The quantitative estimate of drug-likeness (QED) is 0.745. The minimum Gasteiger partial charge on any atom is -0.351 e. The van der Waals surface area contributed by atoms with Crippen molar-refractivity contribution in [1.82, 2.24) is 20.0 Å². The SMILES string of the molecule is C=CCNC(=O)[C@H](C)N1C[C@H](C)[C@@H](N2CCCN(C(C)=O)CC2)C1. The number of likely N-dealkylation sites (tertiary alicyclic amines) is 1. The lowest BCUT2D eigenvalue weighted by Gasteiger charge is -2.30. The summed E-state index contributed by atoms with van der Waals surface area (Å²) in [6.45, 7) is 15.6. The van der Waals surface area contributed by atoms with Gasteiger partial charge in [0.25, 0.3) is 0 Å². The summed E-state index contributed by atoms with van der Waals surface area (Å²) in [4.78, 5) is 30.5. The van der Waals surface area contributed by atoms with Gasteiger partial charge in [0.2, 0.25) is 11.8 Å². The van der Waals surface area contributed by atoms with Gasteiger partial charge >= 0.3 is 0 Å². The maximum Gasteiger partial charge on any atom is 0.237 e. The number of carbonyl (C=O) groups is 2. The largest absolute Gasteiger partial charge is 0.351 e. The van der Waals surface area contributed by atoms with Gasteiger partial charge in [0, 0.05) is 58.8 Å². The van der Waals surface area contributed by atoms with Crippen molar-refractivity contribution >= 4 is 11.8 Å². The Kier molecular flexibility index (Phi) is 6.80. The van der Waals surface area contributed by atoms with E-state index in [2.05, 4.69) is 28.6 Å².